The lowest BCUT2D eigenvalue weighted by Gasteiger charge is -2.50. The Kier molecular flexibility index (Phi) is 10.8. The average molecular weight is 865 g/mol. The first-order chi connectivity index (χ1) is 28.5. The monoisotopic (exact) mass is 864 g/mol. The molecule has 14 heteroatoms. The van der Waals surface area contributed by atoms with E-state index >= 15 is 0 Å². The lowest BCUT2D eigenvalue weighted by Crippen LogP contribution is -2.65. The van der Waals surface area contributed by atoms with Crippen LogP contribution in [0.1, 0.15) is 102 Å². The number of esters is 4. The zero-order chi connectivity index (χ0) is 46.2. The van der Waals surface area contributed by atoms with Gasteiger partial charge in [-0.25, -0.2) is 0 Å². The predicted octanol–water partition coefficient (Wildman–Crippen LogP) is 4.06. The van der Waals surface area contributed by atoms with E-state index in [-0.39, 0.29) is 66.0 Å². The van der Waals surface area contributed by atoms with Crippen LogP contribution in [-0.4, -0.2) is 104 Å². The van der Waals surface area contributed by atoms with Crippen molar-refractivity contribution in [3.8, 4) is 0 Å². The van der Waals surface area contributed by atoms with Gasteiger partial charge in [-0.2, -0.15) is 0 Å². The summed E-state index contributed by atoms with van der Waals surface area (Å²) in [6.07, 6.45) is 5.42. The predicted molar refractivity (Wildman–Crippen MR) is 221 cm³/mol. The molecule has 8 aliphatic rings. The van der Waals surface area contributed by atoms with E-state index < -0.39 is 86.9 Å². The molecule has 0 aliphatic heterocycles. The number of aliphatic hydroxyl groups excluding tert-OH is 1. The van der Waals surface area contributed by atoms with Gasteiger partial charge in [0, 0.05) is 63.2 Å². The van der Waals surface area contributed by atoms with E-state index in [1.54, 1.807) is 32.1 Å². The van der Waals surface area contributed by atoms with Gasteiger partial charge in [-0.1, -0.05) is 65.8 Å². The summed E-state index contributed by atoms with van der Waals surface area (Å²) in [5, 5.41) is 47.5. The number of carbonyl (C=O) groups is 6. The third-order valence-corrected chi connectivity index (χ3v) is 16.9. The molecule has 0 aromatic heterocycles. The number of Topliss-reactive ketones (excluding diaryl/α,β-unsaturated/α-hetero) is 2. The average Bonchev–Trinajstić information content (AvgIpc) is 3.82. The van der Waals surface area contributed by atoms with Gasteiger partial charge in [0.1, 0.15) is 30.5 Å². The summed E-state index contributed by atoms with van der Waals surface area (Å²) < 4.78 is 21.7. The van der Waals surface area contributed by atoms with Crippen LogP contribution in [0, 0.1) is 63.6 Å². The van der Waals surface area contributed by atoms with Crippen molar-refractivity contribution in [1.82, 2.24) is 0 Å². The molecule has 62 heavy (non-hydrogen) atoms. The van der Waals surface area contributed by atoms with Gasteiger partial charge in [-0.3, -0.25) is 28.8 Å². The Balaban J connectivity index is 0.000000186. The van der Waals surface area contributed by atoms with Crippen molar-refractivity contribution in [2.75, 3.05) is 13.2 Å². The van der Waals surface area contributed by atoms with Crippen LogP contribution in [-0.2, 0) is 47.7 Å². The number of hydrogen-bond acceptors (Lipinski definition) is 14. The van der Waals surface area contributed by atoms with Crippen LogP contribution < -0.4 is 0 Å². The van der Waals surface area contributed by atoms with Crippen LogP contribution >= 0.6 is 0 Å². The molecule has 0 heterocycles. The molecule has 8 aliphatic carbocycles. The van der Waals surface area contributed by atoms with Crippen molar-refractivity contribution in [1.29, 1.82) is 0 Å². The standard InChI is InChI=1S/2C24H32O7/c1-12-7-18-22(28,20(12)27)10-16(11-30-14(3)25)8-17-19-21(5,6)23(19,31-15(4)26)9-13(2)24(17,18)29;1-11-9-23-12(2)7-17-18(22(17,5)6)16(20(23)28)8-15(10-30-13(3)25)19(27)24(23,29)21(11)31-14(4)26/h7-8,13,17-19,28-29H,9-11H2,1-6H3;8-9,12,16-19,21,27,29H,7,10H2,1-6H3/t13-,17+,18-,19-,22-,23+,24-;12-,16+,17-,18+,19-,21+,23+,24+/m11/s1. The second kappa shape index (κ2) is 14.5. The van der Waals surface area contributed by atoms with E-state index in [1.165, 1.54) is 27.7 Å². The van der Waals surface area contributed by atoms with E-state index in [0.29, 0.717) is 29.1 Å². The molecular formula is C48H64O14. The molecule has 0 radical (unpaired) electrons. The van der Waals surface area contributed by atoms with Gasteiger partial charge in [0.05, 0.1) is 11.0 Å². The maximum atomic E-state index is 14.2. The second-order valence-electron chi connectivity index (χ2n) is 21.0. The first-order valence-electron chi connectivity index (χ1n) is 21.9. The van der Waals surface area contributed by atoms with E-state index in [1.807, 2.05) is 33.8 Å². The van der Waals surface area contributed by atoms with Crippen molar-refractivity contribution < 1.29 is 68.1 Å². The highest BCUT2D eigenvalue weighted by Gasteiger charge is 2.83. The third kappa shape index (κ3) is 6.15. The number of carbonyl (C=O) groups excluding carboxylic acids is 6. The largest absolute Gasteiger partial charge is 0.461 e. The van der Waals surface area contributed by atoms with Crippen LogP contribution in [0.4, 0.5) is 0 Å². The molecule has 8 rings (SSSR count). The summed E-state index contributed by atoms with van der Waals surface area (Å²) in [4.78, 5) is 74.0. The second-order valence-corrected chi connectivity index (χ2v) is 21.0. The summed E-state index contributed by atoms with van der Waals surface area (Å²) in [6, 6.07) is 0. The zero-order valence-electron chi connectivity index (χ0n) is 38.0. The normalized spacial score (nSPS) is 44.7. The Morgan fingerprint density at radius 1 is 0.823 bits per heavy atom. The van der Waals surface area contributed by atoms with Crippen LogP contribution in [0.25, 0.3) is 0 Å². The SMILES string of the molecule is CC(=O)OCC1=C[C@@H]2C(=O)[C@]3(C=C(C)[C@H](OC(C)=O)[C@@]3(O)[C@@H]1O)[C@H](C)C[C@@H]1[C@H]2C1(C)C.CC(=O)OCC1=C[C@H]2[C@@H]3C(C)(C)[C@]3(OC(C)=O)C[C@@H](C)[C@]2(O)[C@@H]2C=C(C)C(=O)[C@@]2(O)C1. The number of ketones is 2. The van der Waals surface area contributed by atoms with Gasteiger partial charge in [-0.15, -0.1) is 0 Å². The molecule has 15 atom stereocenters. The molecule has 0 saturated heterocycles. The van der Waals surface area contributed by atoms with Crippen molar-refractivity contribution >= 4 is 35.4 Å². The topological polar surface area (TPSA) is 220 Å². The van der Waals surface area contributed by atoms with Crippen LogP contribution in [0.15, 0.2) is 46.6 Å². The molecule has 4 saturated carbocycles. The third-order valence-electron chi connectivity index (χ3n) is 16.9. The lowest BCUT2D eigenvalue weighted by molar-refractivity contribution is -0.202. The molecule has 0 unspecified atom stereocenters. The fourth-order valence-corrected chi connectivity index (χ4v) is 14.0. The van der Waals surface area contributed by atoms with Gasteiger partial charge in [-0.05, 0) is 78.1 Å². The number of rotatable bonds is 6. The minimum absolute atomic E-state index is 0.0170. The Hall–Kier alpha value is -3.98. The summed E-state index contributed by atoms with van der Waals surface area (Å²) in [5.41, 5.74) is -6.03. The number of allylic oxidation sites excluding steroid dienone is 1. The minimum atomic E-state index is -2.08. The smallest absolute Gasteiger partial charge is 0.303 e. The first-order valence-corrected chi connectivity index (χ1v) is 21.9. The minimum Gasteiger partial charge on any atom is -0.461 e. The maximum Gasteiger partial charge on any atom is 0.303 e. The van der Waals surface area contributed by atoms with E-state index in [0.717, 1.165) is 6.42 Å². The summed E-state index contributed by atoms with van der Waals surface area (Å²) >= 11 is 0. The lowest BCUT2D eigenvalue weighted by atomic mass is 9.59. The molecule has 14 nitrogen and oxygen atoms in total. The molecule has 0 aromatic carbocycles. The van der Waals surface area contributed by atoms with Crippen LogP contribution in [0.3, 0.4) is 0 Å². The number of hydrogen-bond donors (Lipinski definition) is 4. The molecule has 1 spiro atoms. The highest BCUT2D eigenvalue weighted by atomic mass is 16.6. The van der Waals surface area contributed by atoms with Crippen molar-refractivity contribution in [2.24, 2.45) is 63.6 Å². The molecule has 2 bridgehead atoms. The van der Waals surface area contributed by atoms with Crippen LogP contribution in [0.2, 0.25) is 0 Å². The Bertz CT molecular complexity index is 2140. The van der Waals surface area contributed by atoms with E-state index in [9.17, 15) is 49.2 Å². The van der Waals surface area contributed by atoms with Gasteiger partial charge < -0.3 is 39.4 Å². The Morgan fingerprint density at radius 2 is 1.44 bits per heavy atom. The van der Waals surface area contributed by atoms with E-state index in [2.05, 4.69) is 13.8 Å². The molecule has 0 amide bonds. The first kappa shape index (κ1) is 46.0. The summed E-state index contributed by atoms with van der Waals surface area (Å²) in [6.45, 7) is 20.4. The van der Waals surface area contributed by atoms with Gasteiger partial charge in [0.2, 0.25) is 0 Å². The van der Waals surface area contributed by atoms with E-state index in [4.69, 9.17) is 18.9 Å². The number of ether oxygens (including phenoxy) is 4. The molecule has 4 fully saturated rings. The fourth-order valence-electron chi connectivity index (χ4n) is 14.0. The van der Waals surface area contributed by atoms with Gasteiger partial charge in [0.15, 0.2) is 23.3 Å². The Morgan fingerprint density at radius 3 is 2.02 bits per heavy atom. The fraction of sp³-hybridized carbons (Fsp3) is 0.708. The van der Waals surface area contributed by atoms with Crippen molar-refractivity contribution in [3.05, 3.63) is 46.6 Å². The number of aliphatic hydroxyl groups is 4. The van der Waals surface area contributed by atoms with Crippen molar-refractivity contribution in [2.45, 2.75) is 137 Å². The maximum absolute atomic E-state index is 14.2. The molecule has 340 valence electrons. The molecular weight excluding hydrogens is 801 g/mol. The highest BCUT2D eigenvalue weighted by Crippen LogP contribution is 2.77. The molecule has 4 N–H and O–H groups in total. The van der Waals surface area contributed by atoms with Crippen molar-refractivity contribution in [3.63, 3.8) is 0 Å². The Labute approximate surface area is 363 Å². The quantitative estimate of drug-likeness (QED) is 0.168. The zero-order valence-corrected chi connectivity index (χ0v) is 38.0. The summed E-state index contributed by atoms with van der Waals surface area (Å²) in [7, 11) is 0. The van der Waals surface area contributed by atoms with Gasteiger partial charge >= 0.3 is 23.9 Å². The molecule has 0 aromatic rings. The van der Waals surface area contributed by atoms with Crippen LogP contribution in [0.5, 0.6) is 0 Å². The number of fused-ring (bicyclic) bond motifs is 8. The van der Waals surface area contributed by atoms with Gasteiger partial charge in [0.25, 0.3) is 0 Å². The highest BCUT2D eigenvalue weighted by molar-refractivity contribution is 6.05. The summed E-state index contributed by atoms with van der Waals surface area (Å²) in [5.74, 6) is -4.80.